The second-order valence-electron chi connectivity index (χ2n) is 7.57. The first kappa shape index (κ1) is 21.5. The van der Waals surface area contributed by atoms with E-state index >= 15 is 0 Å². The monoisotopic (exact) mass is 429 g/mol. The normalized spacial score (nSPS) is 15.0. The molecule has 1 atom stereocenters. The highest BCUT2D eigenvalue weighted by molar-refractivity contribution is 5.92. The quantitative estimate of drug-likeness (QED) is 0.529. The number of carbonyl (C=O) groups excluding carboxylic acids is 1. The summed E-state index contributed by atoms with van der Waals surface area (Å²) in [5, 5.41) is 6.81. The molecule has 7 heteroatoms. The number of anilines is 1. The van der Waals surface area contributed by atoms with Crippen LogP contribution in [0.5, 0.6) is 5.75 Å². The largest absolute Gasteiger partial charge is 0.494 e. The molecule has 3 aromatic rings. The maximum atomic E-state index is 11.3. The van der Waals surface area contributed by atoms with Crippen LogP contribution in [-0.2, 0) is 4.79 Å². The van der Waals surface area contributed by atoms with E-state index in [9.17, 15) is 4.79 Å². The number of aliphatic imine (C=N–C) groups is 1. The number of fused-ring (bicyclic) bond motifs is 1. The maximum Gasteiger partial charge on any atom is 0.219 e. The molecular formula is C25H27N5O2. The van der Waals surface area contributed by atoms with Crippen LogP contribution < -0.4 is 15.4 Å². The van der Waals surface area contributed by atoms with Crippen LogP contribution in [0.2, 0.25) is 0 Å². The van der Waals surface area contributed by atoms with E-state index in [0.29, 0.717) is 26.0 Å². The molecule has 2 aromatic carbocycles. The lowest BCUT2D eigenvalue weighted by atomic mass is 10.0. The van der Waals surface area contributed by atoms with Crippen molar-refractivity contribution in [2.45, 2.75) is 18.8 Å². The molecule has 32 heavy (non-hydrogen) atoms. The van der Waals surface area contributed by atoms with Gasteiger partial charge in [-0.05, 0) is 47.9 Å². The van der Waals surface area contributed by atoms with Crippen LogP contribution in [0.1, 0.15) is 24.6 Å². The van der Waals surface area contributed by atoms with E-state index in [4.69, 9.17) is 14.7 Å². The van der Waals surface area contributed by atoms with Crippen LogP contribution in [-0.4, -0.2) is 49.3 Å². The summed E-state index contributed by atoms with van der Waals surface area (Å²) < 4.78 is 5.74. The number of aromatic nitrogens is 2. The Morgan fingerprint density at radius 1 is 1.09 bits per heavy atom. The van der Waals surface area contributed by atoms with Crippen LogP contribution in [0, 0.1) is 0 Å². The summed E-state index contributed by atoms with van der Waals surface area (Å²) in [6.45, 7) is 1.18. The number of carbonyl (C=O) groups is 1. The van der Waals surface area contributed by atoms with Crippen LogP contribution in [0.3, 0.4) is 0 Å². The lowest BCUT2D eigenvalue weighted by Gasteiger charge is -2.15. The molecule has 0 bridgehead atoms. The first-order valence-corrected chi connectivity index (χ1v) is 10.8. The number of rotatable bonds is 8. The minimum Gasteiger partial charge on any atom is -0.494 e. The minimum atomic E-state index is 0.0287. The molecule has 1 aliphatic heterocycles. The average molecular weight is 430 g/mol. The summed E-state index contributed by atoms with van der Waals surface area (Å²) in [7, 11) is 3.52. The van der Waals surface area contributed by atoms with Gasteiger partial charge in [0.1, 0.15) is 17.4 Å². The second-order valence-corrected chi connectivity index (χ2v) is 7.57. The van der Waals surface area contributed by atoms with Crippen LogP contribution in [0.25, 0.3) is 22.0 Å². The zero-order valence-corrected chi connectivity index (χ0v) is 18.3. The maximum absolute atomic E-state index is 11.3. The van der Waals surface area contributed by atoms with Gasteiger partial charge >= 0.3 is 0 Å². The summed E-state index contributed by atoms with van der Waals surface area (Å²) in [6.07, 6.45) is 6.99. The van der Waals surface area contributed by atoms with Crippen LogP contribution in [0.15, 0.2) is 59.6 Å². The molecule has 1 amide bonds. The fourth-order valence-corrected chi connectivity index (χ4v) is 3.62. The lowest BCUT2D eigenvalue weighted by Crippen LogP contribution is -2.18. The predicted molar refractivity (Wildman–Crippen MR) is 129 cm³/mol. The molecule has 1 aromatic heterocycles. The van der Waals surface area contributed by atoms with Crippen molar-refractivity contribution in [1.82, 2.24) is 15.3 Å². The van der Waals surface area contributed by atoms with Crippen molar-refractivity contribution in [3.63, 3.8) is 0 Å². The van der Waals surface area contributed by atoms with Crippen molar-refractivity contribution in [2.24, 2.45) is 4.99 Å². The molecule has 1 unspecified atom stereocenters. The van der Waals surface area contributed by atoms with Crippen molar-refractivity contribution >= 4 is 28.8 Å². The van der Waals surface area contributed by atoms with Gasteiger partial charge < -0.3 is 15.4 Å². The smallest absolute Gasteiger partial charge is 0.219 e. The van der Waals surface area contributed by atoms with Gasteiger partial charge in [0.2, 0.25) is 5.91 Å². The molecule has 4 rings (SSSR count). The summed E-state index contributed by atoms with van der Waals surface area (Å²) in [5.74, 6) is 2.51. The fourth-order valence-electron chi connectivity index (χ4n) is 3.62. The van der Waals surface area contributed by atoms with Gasteiger partial charge in [-0.3, -0.25) is 9.79 Å². The topological polar surface area (TPSA) is 88.5 Å². The Labute approximate surface area is 187 Å². The molecule has 0 saturated heterocycles. The number of amides is 1. The van der Waals surface area contributed by atoms with Gasteiger partial charge in [0, 0.05) is 32.1 Å². The standard InChI is InChI=1S/C25H27N5O2/c1-26-23(31)6-4-14-32-20-10-7-17(8-11-20)18-9-12-22-21(15-18)25(27-2)30-24(29-22)19-5-3-13-28-16-19/h3,5,7-13,15,19H,4,6,14,16H2,1-2H3,(H,26,31)(H,27,29,30). The van der Waals surface area contributed by atoms with Crippen molar-refractivity contribution in [1.29, 1.82) is 0 Å². The Balaban J connectivity index is 1.51. The third-order valence-corrected chi connectivity index (χ3v) is 5.40. The predicted octanol–water partition coefficient (Wildman–Crippen LogP) is 3.97. The van der Waals surface area contributed by atoms with E-state index in [-0.39, 0.29) is 11.8 Å². The van der Waals surface area contributed by atoms with Crippen LogP contribution >= 0.6 is 0 Å². The molecule has 1 aliphatic rings. The molecule has 0 saturated carbocycles. The highest BCUT2D eigenvalue weighted by Gasteiger charge is 2.16. The Morgan fingerprint density at radius 2 is 1.91 bits per heavy atom. The van der Waals surface area contributed by atoms with Crippen molar-refractivity contribution < 1.29 is 9.53 Å². The van der Waals surface area contributed by atoms with Gasteiger partial charge in [-0.2, -0.15) is 0 Å². The molecule has 0 fully saturated rings. The molecule has 2 N–H and O–H groups in total. The number of nitrogens with zero attached hydrogens (tertiary/aromatic N) is 3. The number of nitrogens with one attached hydrogen (secondary N) is 2. The molecule has 0 radical (unpaired) electrons. The first-order chi connectivity index (χ1) is 15.7. The van der Waals surface area contributed by atoms with Gasteiger partial charge in [-0.15, -0.1) is 0 Å². The van der Waals surface area contributed by atoms with Gasteiger partial charge in [-0.1, -0.05) is 24.3 Å². The number of dihydropyridines is 1. The summed E-state index contributed by atoms with van der Waals surface area (Å²) in [6, 6.07) is 14.2. The summed E-state index contributed by atoms with van der Waals surface area (Å²) >= 11 is 0. The number of allylic oxidation sites excluding steroid dienone is 1. The zero-order chi connectivity index (χ0) is 22.3. The van der Waals surface area contributed by atoms with Crippen molar-refractivity contribution in [2.75, 3.05) is 32.6 Å². The van der Waals surface area contributed by atoms with E-state index in [1.54, 1.807) is 7.05 Å². The van der Waals surface area contributed by atoms with E-state index in [0.717, 1.165) is 39.4 Å². The third-order valence-electron chi connectivity index (χ3n) is 5.40. The molecule has 2 heterocycles. The van der Waals surface area contributed by atoms with E-state index < -0.39 is 0 Å². The molecular weight excluding hydrogens is 402 g/mol. The number of hydrogen-bond acceptors (Lipinski definition) is 6. The number of ether oxygens (including phenoxy) is 1. The Bertz CT molecular complexity index is 1150. The average Bonchev–Trinajstić information content (AvgIpc) is 2.86. The van der Waals surface area contributed by atoms with E-state index in [2.05, 4.69) is 33.8 Å². The SMILES string of the molecule is CNC(=O)CCCOc1ccc(-c2ccc3nc(C4C=CC=NC4)nc(NC)c3c2)cc1. The number of hydrogen-bond donors (Lipinski definition) is 2. The molecule has 7 nitrogen and oxygen atoms in total. The first-order valence-electron chi connectivity index (χ1n) is 10.8. The Hall–Kier alpha value is -3.74. The molecule has 0 aliphatic carbocycles. The summed E-state index contributed by atoms with van der Waals surface area (Å²) in [5.41, 5.74) is 3.07. The minimum absolute atomic E-state index is 0.0287. The van der Waals surface area contributed by atoms with Gasteiger partial charge in [0.15, 0.2) is 0 Å². The fraction of sp³-hybridized carbons (Fsp3) is 0.280. The second kappa shape index (κ2) is 10.0. The lowest BCUT2D eigenvalue weighted by molar-refractivity contribution is -0.120. The van der Waals surface area contributed by atoms with Gasteiger partial charge in [-0.25, -0.2) is 9.97 Å². The van der Waals surface area contributed by atoms with Crippen LogP contribution in [0.4, 0.5) is 5.82 Å². The number of benzene rings is 2. The Morgan fingerprint density at radius 3 is 2.62 bits per heavy atom. The van der Waals surface area contributed by atoms with Gasteiger partial charge in [0.05, 0.1) is 24.6 Å². The van der Waals surface area contributed by atoms with Crippen molar-refractivity contribution in [3.8, 4) is 16.9 Å². The third kappa shape index (κ3) is 4.94. The molecule has 164 valence electrons. The highest BCUT2D eigenvalue weighted by Crippen LogP contribution is 2.30. The highest BCUT2D eigenvalue weighted by atomic mass is 16.5. The zero-order valence-electron chi connectivity index (χ0n) is 18.3. The summed E-state index contributed by atoms with van der Waals surface area (Å²) in [4.78, 5) is 25.1. The Kier molecular flexibility index (Phi) is 6.75. The van der Waals surface area contributed by atoms with Gasteiger partial charge in [0.25, 0.3) is 0 Å². The molecule has 0 spiro atoms. The van der Waals surface area contributed by atoms with Crippen molar-refractivity contribution in [3.05, 3.63) is 60.4 Å². The van der Waals surface area contributed by atoms with E-state index in [1.165, 1.54) is 0 Å². The van der Waals surface area contributed by atoms with E-state index in [1.807, 2.05) is 49.7 Å².